The quantitative estimate of drug-likeness (QED) is 0.388. The van der Waals surface area contributed by atoms with Gasteiger partial charge in [0.05, 0.1) is 0 Å². The number of unbranched alkanes of at least 4 members (excludes halogenated alkanes) is 1. The van der Waals surface area contributed by atoms with Crippen LogP contribution in [0.5, 0.6) is 0 Å². The number of rotatable bonds is 14. The molecule has 4 nitrogen and oxygen atoms in total. The lowest BCUT2D eigenvalue weighted by molar-refractivity contribution is 0.170. The first-order valence-electron chi connectivity index (χ1n) is 10.1. The lowest BCUT2D eigenvalue weighted by atomic mass is 9.71. The van der Waals surface area contributed by atoms with E-state index < -0.39 is 0 Å². The van der Waals surface area contributed by atoms with E-state index in [9.17, 15) is 0 Å². The summed E-state index contributed by atoms with van der Waals surface area (Å²) in [7, 11) is 0. The van der Waals surface area contributed by atoms with Crippen LogP contribution in [0.1, 0.15) is 86.0 Å². The van der Waals surface area contributed by atoms with E-state index in [1.807, 2.05) is 0 Å². The summed E-state index contributed by atoms with van der Waals surface area (Å²) in [6.07, 6.45) is 8.97. The first kappa shape index (κ1) is 23.8. The lowest BCUT2D eigenvalue weighted by Crippen LogP contribution is -2.52. The molecular formula is C20H46N4. The van der Waals surface area contributed by atoms with Crippen LogP contribution in [0.2, 0.25) is 0 Å². The van der Waals surface area contributed by atoms with Gasteiger partial charge in [0, 0.05) is 12.1 Å². The molecule has 0 aliphatic heterocycles. The molecule has 0 aliphatic rings. The molecule has 0 radical (unpaired) electrons. The van der Waals surface area contributed by atoms with Gasteiger partial charge in [0.1, 0.15) is 0 Å². The first-order chi connectivity index (χ1) is 11.2. The van der Waals surface area contributed by atoms with Gasteiger partial charge < -0.3 is 22.9 Å². The second-order valence-electron chi connectivity index (χ2n) is 8.76. The van der Waals surface area contributed by atoms with Gasteiger partial charge in [-0.2, -0.15) is 0 Å². The lowest BCUT2D eigenvalue weighted by Gasteiger charge is -2.39. The summed E-state index contributed by atoms with van der Waals surface area (Å²) in [5, 5.41) is 0. The normalized spacial score (nSPS) is 18.9. The Balaban J connectivity index is 4.68. The second-order valence-corrected chi connectivity index (χ2v) is 8.76. The van der Waals surface area contributed by atoms with Crippen molar-refractivity contribution in [2.45, 2.75) is 98.1 Å². The number of hydrogen-bond acceptors (Lipinski definition) is 4. The fraction of sp³-hybridized carbons (Fsp3) is 1.00. The molecule has 0 saturated heterocycles. The zero-order chi connectivity index (χ0) is 18.8. The largest absolute Gasteiger partial charge is 0.330 e. The van der Waals surface area contributed by atoms with Crippen LogP contribution in [0, 0.1) is 16.7 Å². The molecule has 0 spiro atoms. The minimum Gasteiger partial charge on any atom is -0.330 e. The average Bonchev–Trinajstić information content (AvgIpc) is 2.54. The van der Waals surface area contributed by atoms with E-state index in [1.54, 1.807) is 0 Å². The monoisotopic (exact) mass is 342 g/mol. The van der Waals surface area contributed by atoms with Crippen LogP contribution < -0.4 is 22.9 Å². The summed E-state index contributed by atoms with van der Waals surface area (Å²) in [6, 6.07) is 0.0420. The number of hydrogen-bond donors (Lipinski definition) is 4. The Bertz CT molecular complexity index is 313. The highest BCUT2D eigenvalue weighted by Gasteiger charge is 2.34. The fourth-order valence-electron chi connectivity index (χ4n) is 4.03. The van der Waals surface area contributed by atoms with E-state index in [0.717, 1.165) is 45.2 Å². The SMILES string of the molecule is CCCCC(CC)(CN)CCC(N)C(N)C(C)(C)CC(C)CCN. The van der Waals surface area contributed by atoms with E-state index in [1.165, 1.54) is 19.3 Å². The topological polar surface area (TPSA) is 104 Å². The maximum Gasteiger partial charge on any atom is 0.0244 e. The molecule has 0 bridgehead atoms. The van der Waals surface area contributed by atoms with Crippen LogP contribution in [-0.4, -0.2) is 25.2 Å². The van der Waals surface area contributed by atoms with Crippen molar-refractivity contribution in [2.24, 2.45) is 39.7 Å². The molecule has 4 unspecified atom stereocenters. The zero-order valence-corrected chi connectivity index (χ0v) is 17.1. The van der Waals surface area contributed by atoms with Crippen molar-refractivity contribution in [1.82, 2.24) is 0 Å². The van der Waals surface area contributed by atoms with Gasteiger partial charge in [0.15, 0.2) is 0 Å². The smallest absolute Gasteiger partial charge is 0.0244 e. The Morgan fingerprint density at radius 2 is 1.58 bits per heavy atom. The van der Waals surface area contributed by atoms with E-state index in [0.29, 0.717) is 5.92 Å². The van der Waals surface area contributed by atoms with E-state index in [4.69, 9.17) is 22.9 Å². The van der Waals surface area contributed by atoms with Gasteiger partial charge in [-0.3, -0.25) is 0 Å². The Morgan fingerprint density at radius 3 is 2.04 bits per heavy atom. The third kappa shape index (κ3) is 7.81. The molecule has 0 heterocycles. The minimum absolute atomic E-state index is 0.0104. The van der Waals surface area contributed by atoms with E-state index in [-0.39, 0.29) is 22.9 Å². The van der Waals surface area contributed by atoms with Crippen molar-refractivity contribution in [1.29, 1.82) is 0 Å². The van der Waals surface area contributed by atoms with Crippen molar-refractivity contribution in [3.05, 3.63) is 0 Å². The molecule has 0 aromatic rings. The molecule has 0 saturated carbocycles. The Morgan fingerprint density at radius 1 is 0.958 bits per heavy atom. The van der Waals surface area contributed by atoms with Crippen LogP contribution in [0.25, 0.3) is 0 Å². The zero-order valence-electron chi connectivity index (χ0n) is 17.1. The summed E-state index contributed by atoms with van der Waals surface area (Å²) in [5.74, 6) is 0.589. The van der Waals surface area contributed by atoms with Gasteiger partial charge in [-0.25, -0.2) is 0 Å². The molecule has 0 rings (SSSR count). The van der Waals surface area contributed by atoms with Gasteiger partial charge in [-0.15, -0.1) is 0 Å². The highest BCUT2D eigenvalue weighted by Crippen LogP contribution is 2.36. The van der Waals surface area contributed by atoms with Crippen LogP contribution >= 0.6 is 0 Å². The Hall–Kier alpha value is -0.160. The standard InChI is InChI=1S/C20H46N4/c1-6-8-11-20(7-2,15-22)12-9-17(23)18(24)19(4,5)14-16(3)10-13-21/h16-18H,6-15,21-24H2,1-5H3. The van der Waals surface area contributed by atoms with Crippen molar-refractivity contribution >= 4 is 0 Å². The average molecular weight is 343 g/mol. The summed E-state index contributed by atoms with van der Waals surface area (Å²) >= 11 is 0. The molecule has 0 aromatic carbocycles. The highest BCUT2D eigenvalue weighted by molar-refractivity contribution is 4.92. The van der Waals surface area contributed by atoms with Crippen LogP contribution in [0.3, 0.4) is 0 Å². The summed E-state index contributed by atoms with van der Waals surface area (Å²) in [5.41, 5.74) is 25.2. The first-order valence-corrected chi connectivity index (χ1v) is 10.1. The second kappa shape index (κ2) is 11.5. The molecule has 0 aliphatic carbocycles. The Kier molecular flexibility index (Phi) is 11.4. The van der Waals surface area contributed by atoms with Gasteiger partial charge in [0.25, 0.3) is 0 Å². The third-order valence-corrected chi connectivity index (χ3v) is 6.15. The van der Waals surface area contributed by atoms with Crippen LogP contribution in [0.4, 0.5) is 0 Å². The predicted molar refractivity (Wildman–Crippen MR) is 108 cm³/mol. The molecule has 4 heteroatoms. The fourth-order valence-corrected chi connectivity index (χ4v) is 4.03. The molecule has 0 aromatic heterocycles. The molecule has 0 amide bonds. The van der Waals surface area contributed by atoms with Gasteiger partial charge >= 0.3 is 0 Å². The molecule has 24 heavy (non-hydrogen) atoms. The van der Waals surface area contributed by atoms with Crippen LogP contribution in [-0.2, 0) is 0 Å². The van der Waals surface area contributed by atoms with E-state index in [2.05, 4.69) is 34.6 Å². The van der Waals surface area contributed by atoms with Gasteiger partial charge in [0.2, 0.25) is 0 Å². The van der Waals surface area contributed by atoms with Crippen molar-refractivity contribution in [3.63, 3.8) is 0 Å². The van der Waals surface area contributed by atoms with Crippen molar-refractivity contribution in [3.8, 4) is 0 Å². The van der Waals surface area contributed by atoms with Crippen LogP contribution in [0.15, 0.2) is 0 Å². The molecule has 146 valence electrons. The van der Waals surface area contributed by atoms with Gasteiger partial charge in [-0.1, -0.05) is 47.5 Å². The summed E-state index contributed by atoms with van der Waals surface area (Å²) in [4.78, 5) is 0. The van der Waals surface area contributed by atoms with Gasteiger partial charge in [-0.05, 0) is 68.4 Å². The van der Waals surface area contributed by atoms with Crippen molar-refractivity contribution < 1.29 is 0 Å². The summed E-state index contributed by atoms with van der Waals surface area (Å²) in [6.45, 7) is 12.7. The maximum atomic E-state index is 6.56. The summed E-state index contributed by atoms with van der Waals surface area (Å²) < 4.78 is 0. The molecule has 8 N–H and O–H groups in total. The molecule has 0 fully saturated rings. The molecular weight excluding hydrogens is 296 g/mol. The third-order valence-electron chi connectivity index (χ3n) is 6.15. The molecule has 4 atom stereocenters. The Labute approximate surface area is 151 Å². The minimum atomic E-state index is 0.0104. The maximum absolute atomic E-state index is 6.56. The predicted octanol–water partition coefficient (Wildman–Crippen LogP) is 3.37. The van der Waals surface area contributed by atoms with E-state index >= 15 is 0 Å². The number of nitrogens with two attached hydrogens (primary N) is 4. The van der Waals surface area contributed by atoms with Crippen molar-refractivity contribution in [2.75, 3.05) is 13.1 Å². The highest BCUT2D eigenvalue weighted by atomic mass is 14.8.